The third-order valence-electron chi connectivity index (χ3n) is 9.52. The van der Waals surface area contributed by atoms with Gasteiger partial charge in [0.1, 0.15) is 11.5 Å². The van der Waals surface area contributed by atoms with Crippen LogP contribution in [0.15, 0.2) is 108 Å². The van der Waals surface area contributed by atoms with E-state index in [1.54, 1.807) is 7.11 Å². The number of rotatable bonds is 8. The van der Waals surface area contributed by atoms with Crippen LogP contribution in [0.5, 0.6) is 11.5 Å². The third-order valence-corrected chi connectivity index (χ3v) is 10.1. The number of fused-ring (bicyclic) bond motifs is 4. The summed E-state index contributed by atoms with van der Waals surface area (Å²) < 4.78 is 11.2. The molecule has 51 heavy (non-hydrogen) atoms. The molecule has 4 aromatic rings. The quantitative estimate of drug-likeness (QED) is 0.126. The molecular formula is C41H38N4O4S2. The number of hydrogen-bond acceptors (Lipinski definition) is 6. The molecule has 0 saturated carbocycles. The Morgan fingerprint density at radius 3 is 1.98 bits per heavy atom. The van der Waals surface area contributed by atoms with Crippen molar-refractivity contribution in [2.24, 2.45) is 0 Å². The van der Waals surface area contributed by atoms with Crippen LogP contribution < -0.4 is 25.4 Å². The Labute approximate surface area is 308 Å². The molecule has 0 fully saturated rings. The van der Waals surface area contributed by atoms with E-state index in [0.717, 1.165) is 74.7 Å². The van der Waals surface area contributed by atoms with Gasteiger partial charge in [-0.05, 0) is 66.2 Å². The fraction of sp³-hybridized carbons (Fsp3) is 0.220. The average molecular weight is 715 g/mol. The molecule has 3 N–H and O–H groups in total. The molecule has 8 nitrogen and oxygen atoms in total. The van der Waals surface area contributed by atoms with Gasteiger partial charge in [0.05, 0.1) is 48.3 Å². The first-order valence-electron chi connectivity index (χ1n) is 17.1. The maximum Gasteiger partial charge on any atom is 0.194 e. The number of benzene rings is 4. The minimum atomic E-state index is -0.284. The highest BCUT2D eigenvalue weighted by Crippen LogP contribution is 2.44. The highest BCUT2D eigenvalue weighted by molar-refractivity contribution is 7.80. The highest BCUT2D eigenvalue weighted by atomic mass is 32.1. The van der Waals surface area contributed by atoms with Gasteiger partial charge in [0.2, 0.25) is 0 Å². The van der Waals surface area contributed by atoms with Crippen LogP contribution in [0, 0.1) is 0 Å². The van der Waals surface area contributed by atoms with Gasteiger partial charge >= 0.3 is 0 Å². The number of nitrogens with zero attached hydrogens (tertiary/aromatic N) is 1. The normalized spacial score (nSPS) is 18.5. The smallest absolute Gasteiger partial charge is 0.194 e. The molecule has 0 bridgehead atoms. The van der Waals surface area contributed by atoms with Crippen molar-refractivity contribution in [3.8, 4) is 11.5 Å². The lowest BCUT2D eigenvalue weighted by Gasteiger charge is -2.34. The van der Waals surface area contributed by atoms with Gasteiger partial charge < -0.3 is 30.3 Å². The number of thiocarbonyl (C=S) groups is 2. The van der Waals surface area contributed by atoms with Gasteiger partial charge in [-0.15, -0.1) is 0 Å². The molecule has 0 saturated heterocycles. The lowest BCUT2D eigenvalue weighted by atomic mass is 9.94. The Morgan fingerprint density at radius 2 is 1.29 bits per heavy atom. The van der Waals surface area contributed by atoms with Crippen LogP contribution >= 0.6 is 24.4 Å². The van der Waals surface area contributed by atoms with Crippen molar-refractivity contribution in [1.29, 1.82) is 0 Å². The molecule has 0 amide bonds. The first-order valence-corrected chi connectivity index (χ1v) is 17.9. The van der Waals surface area contributed by atoms with Gasteiger partial charge in [-0.1, -0.05) is 92.6 Å². The molecule has 8 rings (SSSR count). The standard InChI is InChI=1S/C22H22N2O2S.C19H16N2O2S/c1-2-3-6-12-26-15-9-7-8-14(13-15)19-18-20(24-22(27)23-19)16-10-4-5-11-17(16)21(18)25;1-21-17-13-8-3-4-9-14(13)18(22)15(17)16(20-19(21)24)11-6-5-7-12(10-11)23-2/h4-5,7-11,13,19H,2-3,6,12H2,1H3,(H2,23,24,27);3-10,16H,1-2H3,(H,20,24)/t19-;/m0./s1. The molecule has 0 spiro atoms. The lowest BCUT2D eigenvalue weighted by Crippen LogP contribution is -2.44. The zero-order valence-electron chi connectivity index (χ0n) is 28.6. The Balaban J connectivity index is 0.000000160. The van der Waals surface area contributed by atoms with E-state index < -0.39 is 0 Å². The Hall–Kier alpha value is -5.32. The first kappa shape index (κ1) is 34.1. The minimum Gasteiger partial charge on any atom is -0.497 e. The van der Waals surface area contributed by atoms with Crippen molar-refractivity contribution in [1.82, 2.24) is 20.9 Å². The largest absolute Gasteiger partial charge is 0.497 e. The van der Waals surface area contributed by atoms with Gasteiger partial charge in [0.25, 0.3) is 0 Å². The predicted molar refractivity (Wildman–Crippen MR) is 208 cm³/mol. The Kier molecular flexibility index (Phi) is 9.71. The van der Waals surface area contributed by atoms with Crippen LogP contribution in [0.1, 0.15) is 81.2 Å². The Bertz CT molecular complexity index is 2140. The summed E-state index contributed by atoms with van der Waals surface area (Å²) >= 11 is 10.9. The SMILES string of the molecule is CCCCCOc1cccc([C@@H]2NC(=S)NC3=C2C(=O)c2ccccc23)c1.COc1cccc(C2NC(=S)N(C)C3=C2C(=O)c2ccccc23)c1. The van der Waals surface area contributed by atoms with Crippen LogP contribution in [0.25, 0.3) is 11.4 Å². The molecule has 258 valence electrons. The van der Waals surface area contributed by atoms with Crippen LogP contribution in [-0.4, -0.2) is 47.5 Å². The second-order valence-electron chi connectivity index (χ2n) is 12.7. The van der Waals surface area contributed by atoms with Gasteiger partial charge in [0.15, 0.2) is 21.8 Å². The summed E-state index contributed by atoms with van der Waals surface area (Å²) in [6.45, 7) is 2.88. The molecule has 2 atom stereocenters. The van der Waals surface area contributed by atoms with Gasteiger partial charge in [0, 0.05) is 29.3 Å². The predicted octanol–water partition coefficient (Wildman–Crippen LogP) is 7.55. The zero-order chi connectivity index (χ0) is 35.6. The summed E-state index contributed by atoms with van der Waals surface area (Å²) in [7, 11) is 3.52. The molecule has 10 heteroatoms. The molecule has 1 unspecified atom stereocenters. The van der Waals surface area contributed by atoms with Crippen molar-refractivity contribution < 1.29 is 19.1 Å². The third kappa shape index (κ3) is 6.41. The maximum absolute atomic E-state index is 13.0. The van der Waals surface area contributed by atoms with Gasteiger partial charge in [-0.3, -0.25) is 9.59 Å². The number of Topliss-reactive ketones (excluding diaryl/α,β-unsaturated/α-hetero) is 2. The molecule has 2 aliphatic heterocycles. The van der Waals surface area contributed by atoms with E-state index >= 15 is 0 Å². The molecule has 4 aromatic carbocycles. The highest BCUT2D eigenvalue weighted by Gasteiger charge is 2.41. The number of carbonyl (C=O) groups is 2. The Morgan fingerprint density at radius 1 is 0.706 bits per heavy atom. The molecular weight excluding hydrogens is 677 g/mol. The zero-order valence-corrected chi connectivity index (χ0v) is 30.3. The minimum absolute atomic E-state index is 0.0439. The summed E-state index contributed by atoms with van der Waals surface area (Å²) in [5.41, 5.74) is 8.40. The van der Waals surface area contributed by atoms with E-state index in [4.69, 9.17) is 33.9 Å². The van der Waals surface area contributed by atoms with Crippen molar-refractivity contribution in [3.63, 3.8) is 0 Å². The van der Waals surface area contributed by atoms with Crippen molar-refractivity contribution in [2.45, 2.75) is 38.3 Å². The van der Waals surface area contributed by atoms with Crippen LogP contribution in [-0.2, 0) is 0 Å². The maximum atomic E-state index is 13.0. The summed E-state index contributed by atoms with van der Waals surface area (Å²) in [4.78, 5) is 27.9. The number of ketones is 2. The molecule has 0 aromatic heterocycles. The molecule has 0 radical (unpaired) electrons. The monoisotopic (exact) mass is 714 g/mol. The van der Waals surface area contributed by atoms with Crippen molar-refractivity contribution >= 4 is 57.6 Å². The fourth-order valence-corrected chi connectivity index (χ4v) is 7.45. The second kappa shape index (κ2) is 14.5. The summed E-state index contributed by atoms with van der Waals surface area (Å²) in [5, 5.41) is 10.9. The van der Waals surface area contributed by atoms with E-state index in [0.29, 0.717) is 22.4 Å². The number of nitrogens with one attached hydrogen (secondary N) is 3. The van der Waals surface area contributed by atoms with Crippen molar-refractivity contribution in [2.75, 3.05) is 20.8 Å². The summed E-state index contributed by atoms with van der Waals surface area (Å²) in [6.07, 6.45) is 3.37. The average Bonchev–Trinajstić information content (AvgIpc) is 3.62. The number of unbranched alkanes of at least 4 members (excludes halogenated alkanes) is 2. The van der Waals surface area contributed by atoms with E-state index in [-0.39, 0.29) is 23.7 Å². The summed E-state index contributed by atoms with van der Waals surface area (Å²) in [6, 6.07) is 30.4. The van der Waals surface area contributed by atoms with Crippen LogP contribution in [0.4, 0.5) is 0 Å². The molecule has 2 aliphatic carbocycles. The van der Waals surface area contributed by atoms with Gasteiger partial charge in [-0.2, -0.15) is 0 Å². The van der Waals surface area contributed by atoms with Gasteiger partial charge in [-0.25, -0.2) is 0 Å². The number of methoxy groups -OCH3 is 1. The van der Waals surface area contributed by atoms with E-state index in [9.17, 15) is 9.59 Å². The lowest BCUT2D eigenvalue weighted by molar-refractivity contribution is 0.102. The number of ether oxygens (including phenoxy) is 2. The topological polar surface area (TPSA) is 91.9 Å². The van der Waals surface area contributed by atoms with Crippen LogP contribution in [0.3, 0.4) is 0 Å². The van der Waals surface area contributed by atoms with E-state index in [2.05, 4.69) is 22.9 Å². The number of hydrogen-bond donors (Lipinski definition) is 3. The van der Waals surface area contributed by atoms with E-state index in [1.807, 2.05) is 109 Å². The summed E-state index contributed by atoms with van der Waals surface area (Å²) in [5.74, 6) is 1.67. The number of carbonyl (C=O) groups excluding carboxylic acids is 2. The second-order valence-corrected chi connectivity index (χ2v) is 13.5. The molecule has 4 aliphatic rings. The first-order chi connectivity index (χ1) is 24.8. The van der Waals surface area contributed by atoms with Crippen molar-refractivity contribution in [3.05, 3.63) is 142 Å². The fourth-order valence-electron chi connectivity index (χ4n) is 7.02. The van der Waals surface area contributed by atoms with E-state index in [1.165, 1.54) is 6.42 Å². The van der Waals surface area contributed by atoms with Crippen LogP contribution in [0.2, 0.25) is 0 Å². The molecule has 2 heterocycles.